The Labute approximate surface area is 120 Å². The first-order valence-electron chi connectivity index (χ1n) is 7.71. The molecule has 1 aromatic heterocycles. The predicted octanol–water partition coefficient (Wildman–Crippen LogP) is 4.65. The van der Waals surface area contributed by atoms with Crippen molar-refractivity contribution in [2.24, 2.45) is 17.8 Å². The lowest BCUT2D eigenvalue weighted by atomic mass is 9.75. The number of aromatic nitrogens is 1. The van der Waals surface area contributed by atoms with Gasteiger partial charge in [0.15, 0.2) is 5.78 Å². The average Bonchev–Trinajstić information content (AvgIpc) is 2.45. The molecule has 0 amide bonds. The van der Waals surface area contributed by atoms with Gasteiger partial charge in [-0.05, 0) is 43.1 Å². The van der Waals surface area contributed by atoms with E-state index in [9.17, 15) is 9.18 Å². The molecule has 1 aliphatic carbocycles. The van der Waals surface area contributed by atoms with Gasteiger partial charge < -0.3 is 0 Å². The number of halogens is 1. The molecule has 0 radical (unpaired) electrons. The van der Waals surface area contributed by atoms with Gasteiger partial charge in [0.1, 0.15) is 0 Å². The summed E-state index contributed by atoms with van der Waals surface area (Å²) < 4.78 is 13.0. The highest BCUT2D eigenvalue weighted by Crippen LogP contribution is 2.35. The lowest BCUT2D eigenvalue weighted by molar-refractivity contribution is 0.0965. The topological polar surface area (TPSA) is 30.0 Å². The molecule has 1 heterocycles. The summed E-state index contributed by atoms with van der Waals surface area (Å²) in [6.07, 6.45) is 7.88. The molecule has 0 unspecified atom stereocenters. The smallest absolute Gasteiger partial charge is 0.213 e. The number of carbonyl (C=O) groups excluding carboxylic acids is 1. The second-order valence-electron chi connectivity index (χ2n) is 6.35. The number of ketones is 1. The highest BCUT2D eigenvalue weighted by Gasteiger charge is 2.23. The van der Waals surface area contributed by atoms with Crippen LogP contribution in [0.2, 0.25) is 0 Å². The maximum atomic E-state index is 13.0. The lowest BCUT2D eigenvalue weighted by Crippen LogP contribution is -2.19. The second-order valence-corrected chi connectivity index (χ2v) is 6.35. The summed E-state index contributed by atoms with van der Waals surface area (Å²) in [6.45, 7) is 4.60. The van der Waals surface area contributed by atoms with Crippen LogP contribution in [0.1, 0.15) is 62.7 Å². The van der Waals surface area contributed by atoms with Crippen molar-refractivity contribution in [3.05, 3.63) is 29.8 Å². The van der Waals surface area contributed by atoms with Crippen LogP contribution in [-0.2, 0) is 0 Å². The normalized spacial score (nSPS) is 23.0. The Balaban J connectivity index is 1.77. The Bertz CT molecular complexity index is 450. The zero-order chi connectivity index (χ0) is 14.5. The van der Waals surface area contributed by atoms with Crippen molar-refractivity contribution in [2.75, 3.05) is 0 Å². The first kappa shape index (κ1) is 15.1. The van der Waals surface area contributed by atoms with E-state index in [4.69, 9.17) is 0 Å². The fourth-order valence-electron chi connectivity index (χ4n) is 3.20. The monoisotopic (exact) mass is 277 g/mol. The molecular weight excluding hydrogens is 253 g/mol. The van der Waals surface area contributed by atoms with Crippen molar-refractivity contribution in [2.45, 2.75) is 52.4 Å². The standard InChI is InChI=1S/C17H24FNO/c1-12(2)14-6-3-13(4-7-14)5-8-16(20)15-9-10-19-17(18)11-15/h9-14H,3-8H2,1-2H3. The molecule has 0 bridgehead atoms. The number of hydrogen-bond acceptors (Lipinski definition) is 2. The van der Waals surface area contributed by atoms with E-state index in [0.717, 1.165) is 18.3 Å². The van der Waals surface area contributed by atoms with Gasteiger partial charge in [-0.25, -0.2) is 4.98 Å². The summed E-state index contributed by atoms with van der Waals surface area (Å²) in [5.41, 5.74) is 0.452. The average molecular weight is 277 g/mol. The maximum absolute atomic E-state index is 13.0. The van der Waals surface area contributed by atoms with Crippen LogP contribution in [0.3, 0.4) is 0 Å². The number of hydrogen-bond donors (Lipinski definition) is 0. The molecule has 2 nitrogen and oxygen atoms in total. The van der Waals surface area contributed by atoms with Crippen molar-refractivity contribution in [1.29, 1.82) is 0 Å². The van der Waals surface area contributed by atoms with Crippen LogP contribution in [0.4, 0.5) is 4.39 Å². The molecule has 1 aromatic rings. The molecule has 20 heavy (non-hydrogen) atoms. The summed E-state index contributed by atoms with van der Waals surface area (Å²) in [5, 5.41) is 0. The summed E-state index contributed by atoms with van der Waals surface area (Å²) >= 11 is 0. The summed E-state index contributed by atoms with van der Waals surface area (Å²) in [6, 6.07) is 2.83. The first-order chi connectivity index (χ1) is 9.56. The van der Waals surface area contributed by atoms with Gasteiger partial charge in [0, 0.05) is 24.2 Å². The van der Waals surface area contributed by atoms with Gasteiger partial charge in [0.25, 0.3) is 0 Å². The molecule has 0 N–H and O–H groups in total. The van der Waals surface area contributed by atoms with Crippen LogP contribution >= 0.6 is 0 Å². The minimum atomic E-state index is -0.576. The van der Waals surface area contributed by atoms with Crippen LogP contribution in [0.15, 0.2) is 18.3 Å². The Morgan fingerprint density at radius 3 is 2.65 bits per heavy atom. The van der Waals surface area contributed by atoms with E-state index in [1.807, 2.05) is 0 Å². The molecule has 110 valence electrons. The predicted molar refractivity (Wildman–Crippen MR) is 78.0 cm³/mol. The Morgan fingerprint density at radius 1 is 1.35 bits per heavy atom. The van der Waals surface area contributed by atoms with Crippen LogP contribution in [0.5, 0.6) is 0 Å². The molecule has 0 saturated heterocycles. The minimum absolute atomic E-state index is 0.0392. The third-order valence-corrected chi connectivity index (χ3v) is 4.66. The SMILES string of the molecule is CC(C)C1CCC(CCC(=O)c2ccnc(F)c2)CC1. The quantitative estimate of drug-likeness (QED) is 0.579. The van der Waals surface area contributed by atoms with Crippen molar-refractivity contribution in [3.63, 3.8) is 0 Å². The van der Waals surface area contributed by atoms with Gasteiger partial charge in [0.2, 0.25) is 5.95 Å². The highest BCUT2D eigenvalue weighted by atomic mass is 19.1. The van der Waals surface area contributed by atoms with Gasteiger partial charge in [-0.3, -0.25) is 4.79 Å². The Morgan fingerprint density at radius 2 is 2.05 bits per heavy atom. The number of rotatable bonds is 5. The van der Waals surface area contributed by atoms with E-state index in [2.05, 4.69) is 18.8 Å². The van der Waals surface area contributed by atoms with Gasteiger partial charge in [0.05, 0.1) is 0 Å². The summed E-state index contributed by atoms with van der Waals surface area (Å²) in [7, 11) is 0. The highest BCUT2D eigenvalue weighted by molar-refractivity contribution is 5.95. The fraction of sp³-hybridized carbons (Fsp3) is 0.647. The second kappa shape index (κ2) is 6.96. The Kier molecular flexibility index (Phi) is 5.27. The molecule has 1 aliphatic rings. The zero-order valence-corrected chi connectivity index (χ0v) is 12.4. The number of pyridine rings is 1. The molecule has 0 spiro atoms. The molecule has 0 aliphatic heterocycles. The fourth-order valence-corrected chi connectivity index (χ4v) is 3.20. The minimum Gasteiger partial charge on any atom is -0.294 e. The van der Waals surface area contributed by atoms with E-state index >= 15 is 0 Å². The first-order valence-corrected chi connectivity index (χ1v) is 7.71. The summed E-state index contributed by atoms with van der Waals surface area (Å²) in [4.78, 5) is 15.5. The Hall–Kier alpha value is -1.25. The zero-order valence-electron chi connectivity index (χ0n) is 12.4. The number of Topliss-reactive ketones (excluding diaryl/α,β-unsaturated/α-hetero) is 1. The molecule has 1 saturated carbocycles. The summed E-state index contributed by atoms with van der Waals surface area (Å²) in [5.74, 6) is 1.76. The molecule has 1 fully saturated rings. The van der Waals surface area contributed by atoms with Gasteiger partial charge in [-0.15, -0.1) is 0 Å². The van der Waals surface area contributed by atoms with Crippen LogP contribution in [0.25, 0.3) is 0 Å². The maximum Gasteiger partial charge on any atom is 0.213 e. The van der Waals surface area contributed by atoms with E-state index in [-0.39, 0.29) is 5.78 Å². The van der Waals surface area contributed by atoms with Crippen molar-refractivity contribution in [3.8, 4) is 0 Å². The van der Waals surface area contributed by atoms with E-state index in [0.29, 0.717) is 17.9 Å². The van der Waals surface area contributed by atoms with E-state index in [1.54, 1.807) is 6.07 Å². The van der Waals surface area contributed by atoms with Crippen molar-refractivity contribution < 1.29 is 9.18 Å². The molecule has 0 aromatic carbocycles. The van der Waals surface area contributed by atoms with Crippen LogP contribution in [-0.4, -0.2) is 10.8 Å². The van der Waals surface area contributed by atoms with Gasteiger partial charge in [-0.2, -0.15) is 4.39 Å². The molecule has 3 heteroatoms. The molecule has 2 rings (SSSR count). The van der Waals surface area contributed by atoms with Crippen molar-refractivity contribution >= 4 is 5.78 Å². The van der Waals surface area contributed by atoms with E-state index in [1.165, 1.54) is 37.9 Å². The van der Waals surface area contributed by atoms with E-state index < -0.39 is 5.95 Å². The van der Waals surface area contributed by atoms with Crippen LogP contribution in [0, 0.1) is 23.7 Å². The third-order valence-electron chi connectivity index (χ3n) is 4.66. The largest absolute Gasteiger partial charge is 0.294 e. The molecule has 0 atom stereocenters. The van der Waals surface area contributed by atoms with Crippen molar-refractivity contribution in [1.82, 2.24) is 4.98 Å². The lowest BCUT2D eigenvalue weighted by Gasteiger charge is -2.30. The number of carbonyl (C=O) groups is 1. The number of nitrogens with zero attached hydrogens (tertiary/aromatic N) is 1. The van der Waals surface area contributed by atoms with Gasteiger partial charge >= 0.3 is 0 Å². The molecular formula is C17H24FNO. The third kappa shape index (κ3) is 4.12. The van der Waals surface area contributed by atoms with Crippen LogP contribution < -0.4 is 0 Å². The van der Waals surface area contributed by atoms with Gasteiger partial charge in [-0.1, -0.05) is 26.7 Å².